The van der Waals surface area contributed by atoms with Crippen molar-refractivity contribution in [3.8, 4) is 0 Å². The first-order valence-electron chi connectivity index (χ1n) is 7.15. The molecular formula is C14H22ClN3O2S. The van der Waals surface area contributed by atoms with E-state index >= 15 is 0 Å². The van der Waals surface area contributed by atoms with Crippen molar-refractivity contribution in [1.82, 2.24) is 8.61 Å². The van der Waals surface area contributed by atoms with Crippen LogP contribution in [0.25, 0.3) is 0 Å². The summed E-state index contributed by atoms with van der Waals surface area (Å²) in [5, 5.41) is 0. The summed E-state index contributed by atoms with van der Waals surface area (Å²) >= 11 is 0. The molecule has 21 heavy (non-hydrogen) atoms. The van der Waals surface area contributed by atoms with Crippen molar-refractivity contribution in [3.05, 3.63) is 35.4 Å². The summed E-state index contributed by atoms with van der Waals surface area (Å²) in [5.74, 6) is 0. The summed E-state index contributed by atoms with van der Waals surface area (Å²) in [6, 6.07) is 8.22. The summed E-state index contributed by atoms with van der Waals surface area (Å²) in [4.78, 5) is 0. The average Bonchev–Trinajstić information content (AvgIpc) is 2.47. The van der Waals surface area contributed by atoms with Crippen molar-refractivity contribution in [2.75, 3.05) is 19.6 Å². The van der Waals surface area contributed by atoms with Crippen LogP contribution in [-0.2, 0) is 23.2 Å². The molecule has 2 heterocycles. The normalized spacial score (nSPS) is 21.6. The molecule has 0 spiro atoms. The van der Waals surface area contributed by atoms with Gasteiger partial charge in [0.25, 0.3) is 10.2 Å². The molecule has 0 aromatic heterocycles. The van der Waals surface area contributed by atoms with Gasteiger partial charge >= 0.3 is 0 Å². The Morgan fingerprint density at radius 2 is 1.62 bits per heavy atom. The van der Waals surface area contributed by atoms with Crippen LogP contribution in [-0.4, -0.2) is 42.7 Å². The number of benzene rings is 1. The summed E-state index contributed by atoms with van der Waals surface area (Å²) < 4.78 is 28.5. The van der Waals surface area contributed by atoms with Gasteiger partial charge in [0.15, 0.2) is 0 Å². The number of rotatable bonds is 2. The second kappa shape index (κ2) is 6.62. The highest BCUT2D eigenvalue weighted by molar-refractivity contribution is 7.86. The summed E-state index contributed by atoms with van der Waals surface area (Å²) in [5.41, 5.74) is 8.23. The molecule has 0 bridgehead atoms. The van der Waals surface area contributed by atoms with Crippen LogP contribution >= 0.6 is 12.4 Å². The van der Waals surface area contributed by atoms with Crippen LogP contribution in [0.1, 0.15) is 24.0 Å². The predicted octanol–water partition coefficient (Wildman–Crippen LogP) is 1.13. The first-order valence-corrected chi connectivity index (χ1v) is 8.54. The van der Waals surface area contributed by atoms with Crippen LogP contribution in [0.15, 0.2) is 24.3 Å². The van der Waals surface area contributed by atoms with Gasteiger partial charge in [0, 0.05) is 32.2 Å². The van der Waals surface area contributed by atoms with Gasteiger partial charge in [0.2, 0.25) is 0 Å². The van der Waals surface area contributed by atoms with Crippen LogP contribution in [0, 0.1) is 0 Å². The molecule has 0 atom stereocenters. The van der Waals surface area contributed by atoms with Crippen molar-refractivity contribution in [3.63, 3.8) is 0 Å². The molecule has 1 saturated heterocycles. The molecule has 0 unspecified atom stereocenters. The summed E-state index contributed by atoms with van der Waals surface area (Å²) in [7, 11) is -3.34. The summed E-state index contributed by atoms with van der Waals surface area (Å²) in [6.07, 6.45) is 2.30. The van der Waals surface area contributed by atoms with Gasteiger partial charge in [-0.3, -0.25) is 0 Å². The number of nitrogens with zero attached hydrogens (tertiary/aromatic N) is 2. The molecule has 7 heteroatoms. The Morgan fingerprint density at radius 3 is 2.29 bits per heavy atom. The van der Waals surface area contributed by atoms with Gasteiger partial charge in [0.1, 0.15) is 0 Å². The van der Waals surface area contributed by atoms with Crippen molar-refractivity contribution in [2.45, 2.75) is 31.8 Å². The number of hydrogen-bond acceptors (Lipinski definition) is 3. The van der Waals surface area contributed by atoms with E-state index in [0.717, 1.165) is 24.8 Å². The van der Waals surface area contributed by atoms with E-state index in [1.54, 1.807) is 8.61 Å². The third kappa shape index (κ3) is 3.40. The Balaban J connectivity index is 0.00000161. The van der Waals surface area contributed by atoms with Crippen molar-refractivity contribution in [2.24, 2.45) is 5.73 Å². The molecule has 1 fully saturated rings. The van der Waals surface area contributed by atoms with Crippen LogP contribution in [0.5, 0.6) is 0 Å². The first-order chi connectivity index (χ1) is 9.57. The largest absolute Gasteiger partial charge is 0.328 e. The van der Waals surface area contributed by atoms with Gasteiger partial charge in [-0.25, -0.2) is 0 Å². The lowest BCUT2D eigenvalue weighted by Crippen LogP contribution is -2.50. The van der Waals surface area contributed by atoms with E-state index in [0.29, 0.717) is 26.2 Å². The molecule has 1 aromatic carbocycles. The van der Waals surface area contributed by atoms with Crippen LogP contribution in [0.2, 0.25) is 0 Å². The first kappa shape index (κ1) is 16.7. The topological polar surface area (TPSA) is 66.6 Å². The molecule has 2 aliphatic heterocycles. The fourth-order valence-electron chi connectivity index (χ4n) is 2.94. The standard InChI is InChI=1S/C14H21N3O2S.ClH/c15-14-6-9-16(10-7-14)20(18,19)17-8-5-12-3-1-2-4-13(12)11-17;/h1-4,14H,5-11,15H2;1H. The number of nitrogens with two attached hydrogens (primary N) is 1. The minimum atomic E-state index is -3.34. The fraction of sp³-hybridized carbons (Fsp3) is 0.571. The summed E-state index contributed by atoms with van der Waals surface area (Å²) in [6.45, 7) is 2.15. The Morgan fingerprint density at radius 1 is 1.00 bits per heavy atom. The smallest absolute Gasteiger partial charge is 0.282 e. The highest BCUT2D eigenvalue weighted by atomic mass is 35.5. The zero-order chi connectivity index (χ0) is 14.2. The van der Waals surface area contributed by atoms with E-state index in [1.807, 2.05) is 18.2 Å². The third-order valence-electron chi connectivity index (χ3n) is 4.25. The van der Waals surface area contributed by atoms with Crippen LogP contribution < -0.4 is 5.73 Å². The van der Waals surface area contributed by atoms with Crippen molar-refractivity contribution in [1.29, 1.82) is 0 Å². The molecule has 2 aliphatic rings. The molecule has 1 aromatic rings. The van der Waals surface area contributed by atoms with Gasteiger partial charge in [-0.1, -0.05) is 24.3 Å². The minimum Gasteiger partial charge on any atom is -0.328 e. The highest BCUT2D eigenvalue weighted by Crippen LogP contribution is 2.24. The van der Waals surface area contributed by atoms with Gasteiger partial charge in [-0.2, -0.15) is 17.0 Å². The Hall–Kier alpha value is -0.660. The third-order valence-corrected chi connectivity index (χ3v) is 6.23. The minimum absolute atomic E-state index is 0. The van der Waals surface area contributed by atoms with Crippen LogP contribution in [0.3, 0.4) is 0 Å². The van der Waals surface area contributed by atoms with E-state index in [4.69, 9.17) is 5.73 Å². The lowest BCUT2D eigenvalue weighted by Gasteiger charge is -2.35. The molecule has 0 saturated carbocycles. The second-order valence-corrected chi connectivity index (χ2v) is 7.52. The molecular weight excluding hydrogens is 310 g/mol. The van der Waals surface area contributed by atoms with E-state index in [9.17, 15) is 8.42 Å². The lowest BCUT2D eigenvalue weighted by molar-refractivity contribution is 0.281. The number of hydrogen-bond donors (Lipinski definition) is 1. The maximum absolute atomic E-state index is 12.7. The quantitative estimate of drug-likeness (QED) is 0.883. The monoisotopic (exact) mass is 331 g/mol. The molecule has 0 radical (unpaired) electrons. The van der Waals surface area contributed by atoms with Gasteiger partial charge in [0.05, 0.1) is 0 Å². The fourth-order valence-corrected chi connectivity index (χ4v) is 4.56. The van der Waals surface area contributed by atoms with Gasteiger partial charge in [-0.15, -0.1) is 12.4 Å². The maximum atomic E-state index is 12.7. The van der Waals surface area contributed by atoms with E-state index in [-0.39, 0.29) is 18.4 Å². The Labute approximate surface area is 132 Å². The van der Waals surface area contributed by atoms with E-state index in [2.05, 4.69) is 6.07 Å². The van der Waals surface area contributed by atoms with Crippen LogP contribution in [0.4, 0.5) is 0 Å². The lowest BCUT2D eigenvalue weighted by atomic mass is 10.0. The van der Waals surface area contributed by atoms with Gasteiger partial charge < -0.3 is 5.73 Å². The zero-order valence-electron chi connectivity index (χ0n) is 11.9. The molecule has 2 N–H and O–H groups in total. The average molecular weight is 332 g/mol. The molecule has 118 valence electrons. The predicted molar refractivity (Wildman–Crippen MR) is 85.5 cm³/mol. The Bertz CT molecular complexity index is 586. The maximum Gasteiger partial charge on any atom is 0.282 e. The molecule has 0 amide bonds. The SMILES string of the molecule is Cl.NC1CCN(S(=O)(=O)N2CCc3ccccc3C2)CC1. The highest BCUT2D eigenvalue weighted by Gasteiger charge is 2.33. The van der Waals surface area contributed by atoms with Gasteiger partial charge in [-0.05, 0) is 30.4 Å². The second-order valence-electron chi connectivity index (χ2n) is 5.60. The Kier molecular flexibility index (Phi) is 5.27. The number of fused-ring (bicyclic) bond motifs is 1. The zero-order valence-corrected chi connectivity index (χ0v) is 13.6. The van der Waals surface area contributed by atoms with E-state index < -0.39 is 10.2 Å². The van der Waals surface area contributed by atoms with E-state index in [1.165, 1.54) is 5.56 Å². The number of halogens is 1. The molecule has 5 nitrogen and oxygen atoms in total. The molecule has 3 rings (SSSR count). The van der Waals surface area contributed by atoms with Crippen molar-refractivity contribution < 1.29 is 8.42 Å². The molecule has 0 aliphatic carbocycles. The number of piperidine rings is 1. The van der Waals surface area contributed by atoms with Crippen molar-refractivity contribution >= 4 is 22.6 Å².